The Balaban J connectivity index is 2.02. The maximum Gasteiger partial charge on any atom is 0.163 e. The molecule has 0 saturated carbocycles. The number of nitrogen functional groups attached to an aromatic ring is 1. The molecule has 1 aliphatic rings. The topological polar surface area (TPSA) is 82.8 Å². The second-order valence-corrected chi connectivity index (χ2v) is 4.47. The molecule has 5 nitrogen and oxygen atoms in total. The van der Waals surface area contributed by atoms with Crippen molar-refractivity contribution in [1.29, 1.82) is 0 Å². The summed E-state index contributed by atoms with van der Waals surface area (Å²) in [5, 5.41) is 8.46. The maximum absolute atomic E-state index is 5.92. The fourth-order valence-corrected chi connectivity index (χ4v) is 2.20. The van der Waals surface area contributed by atoms with Gasteiger partial charge in [-0.1, -0.05) is 0 Å². The molecule has 1 unspecified atom stereocenters. The first-order valence-corrected chi connectivity index (χ1v) is 5.77. The quantitative estimate of drug-likeness (QED) is 0.708. The molecule has 0 aliphatic carbocycles. The van der Waals surface area contributed by atoms with Crippen molar-refractivity contribution < 1.29 is 0 Å². The van der Waals surface area contributed by atoms with Gasteiger partial charge in [-0.25, -0.2) is 0 Å². The van der Waals surface area contributed by atoms with E-state index in [1.54, 1.807) is 0 Å². The molecule has 1 aromatic heterocycles. The van der Waals surface area contributed by atoms with Crippen molar-refractivity contribution in [1.82, 2.24) is 14.8 Å². The van der Waals surface area contributed by atoms with Gasteiger partial charge in [-0.05, 0) is 30.7 Å². The van der Waals surface area contributed by atoms with E-state index in [-0.39, 0.29) is 6.04 Å². The van der Waals surface area contributed by atoms with E-state index in [2.05, 4.69) is 14.8 Å². The second-order valence-electron chi connectivity index (χ2n) is 4.47. The van der Waals surface area contributed by atoms with Crippen LogP contribution in [0.15, 0.2) is 24.3 Å². The minimum atomic E-state index is 0.214. The van der Waals surface area contributed by atoms with Gasteiger partial charge in [-0.15, -0.1) is 10.2 Å². The molecule has 88 valence electrons. The summed E-state index contributed by atoms with van der Waals surface area (Å²) in [5.74, 6) is 1.89. The van der Waals surface area contributed by atoms with Gasteiger partial charge in [0.15, 0.2) is 5.82 Å². The Hall–Kier alpha value is -1.88. The van der Waals surface area contributed by atoms with Crippen LogP contribution in [0.3, 0.4) is 0 Å². The van der Waals surface area contributed by atoms with Crippen LogP contribution in [-0.4, -0.2) is 20.8 Å². The molecule has 4 N–H and O–H groups in total. The summed E-state index contributed by atoms with van der Waals surface area (Å²) in [6.07, 6.45) is 1.79. The molecule has 0 saturated heterocycles. The van der Waals surface area contributed by atoms with Crippen LogP contribution < -0.4 is 11.5 Å². The molecule has 2 aromatic rings. The number of benzene rings is 1. The third-order valence-corrected chi connectivity index (χ3v) is 3.16. The first-order valence-electron chi connectivity index (χ1n) is 5.77. The van der Waals surface area contributed by atoms with Crippen LogP contribution in [0.25, 0.3) is 11.4 Å². The third kappa shape index (κ3) is 1.78. The Morgan fingerprint density at radius 3 is 2.71 bits per heavy atom. The van der Waals surface area contributed by atoms with Gasteiger partial charge in [0, 0.05) is 30.3 Å². The van der Waals surface area contributed by atoms with Gasteiger partial charge in [0.1, 0.15) is 5.82 Å². The number of hydrogen-bond acceptors (Lipinski definition) is 4. The van der Waals surface area contributed by atoms with Crippen molar-refractivity contribution in [3.8, 4) is 11.4 Å². The Morgan fingerprint density at radius 2 is 1.94 bits per heavy atom. The third-order valence-electron chi connectivity index (χ3n) is 3.16. The van der Waals surface area contributed by atoms with Crippen molar-refractivity contribution in [2.75, 3.05) is 5.73 Å². The normalized spacial score (nSPS) is 19.0. The summed E-state index contributed by atoms with van der Waals surface area (Å²) in [4.78, 5) is 0. The van der Waals surface area contributed by atoms with Crippen LogP contribution in [0.4, 0.5) is 5.69 Å². The van der Waals surface area contributed by atoms with Crippen LogP contribution in [0.2, 0.25) is 0 Å². The first kappa shape index (κ1) is 10.3. The molecular weight excluding hydrogens is 214 g/mol. The Labute approximate surface area is 99.4 Å². The zero-order valence-corrected chi connectivity index (χ0v) is 9.50. The molecule has 0 radical (unpaired) electrons. The van der Waals surface area contributed by atoms with Gasteiger partial charge in [0.25, 0.3) is 0 Å². The highest BCUT2D eigenvalue weighted by atomic mass is 15.3. The lowest BCUT2D eigenvalue weighted by Gasteiger charge is -2.20. The van der Waals surface area contributed by atoms with Crippen molar-refractivity contribution in [2.24, 2.45) is 5.73 Å². The maximum atomic E-state index is 5.92. The lowest BCUT2D eigenvalue weighted by atomic mass is 10.1. The van der Waals surface area contributed by atoms with Crippen LogP contribution in [0.1, 0.15) is 12.2 Å². The predicted octanol–water partition coefficient (Wildman–Crippen LogP) is 0.801. The van der Waals surface area contributed by atoms with E-state index in [0.29, 0.717) is 0 Å². The van der Waals surface area contributed by atoms with E-state index in [0.717, 1.165) is 42.3 Å². The zero-order valence-electron chi connectivity index (χ0n) is 9.50. The van der Waals surface area contributed by atoms with Crippen LogP contribution in [0.5, 0.6) is 0 Å². The zero-order chi connectivity index (χ0) is 11.8. The average Bonchev–Trinajstić information content (AvgIpc) is 2.73. The molecule has 0 spiro atoms. The first-order chi connectivity index (χ1) is 8.24. The summed E-state index contributed by atoms with van der Waals surface area (Å²) in [7, 11) is 0. The Kier molecular flexibility index (Phi) is 2.33. The lowest BCUT2D eigenvalue weighted by Crippen LogP contribution is -2.31. The summed E-state index contributed by atoms with van der Waals surface area (Å²) in [6.45, 7) is 0.892. The molecular formula is C12H15N5. The summed E-state index contributed by atoms with van der Waals surface area (Å²) in [5.41, 5.74) is 13.4. The SMILES string of the molecule is Nc1ccc(-c2nnc3n2CCC(N)C3)cc1. The molecule has 1 aromatic carbocycles. The number of hydrogen-bond donors (Lipinski definition) is 2. The largest absolute Gasteiger partial charge is 0.399 e. The van der Waals surface area contributed by atoms with Gasteiger partial charge >= 0.3 is 0 Å². The summed E-state index contributed by atoms with van der Waals surface area (Å²) in [6, 6.07) is 7.92. The highest BCUT2D eigenvalue weighted by Crippen LogP contribution is 2.23. The molecule has 0 fully saturated rings. The van der Waals surface area contributed by atoms with E-state index >= 15 is 0 Å². The molecule has 0 bridgehead atoms. The van der Waals surface area contributed by atoms with E-state index in [1.165, 1.54) is 0 Å². The Bertz CT molecular complexity index is 528. The highest BCUT2D eigenvalue weighted by Gasteiger charge is 2.20. The summed E-state index contributed by atoms with van der Waals surface area (Å²) < 4.78 is 2.15. The minimum Gasteiger partial charge on any atom is -0.399 e. The van der Waals surface area contributed by atoms with Gasteiger partial charge in [0.2, 0.25) is 0 Å². The highest BCUT2D eigenvalue weighted by molar-refractivity contribution is 5.59. The smallest absolute Gasteiger partial charge is 0.163 e. The van der Waals surface area contributed by atoms with Crippen LogP contribution in [-0.2, 0) is 13.0 Å². The fourth-order valence-electron chi connectivity index (χ4n) is 2.20. The van der Waals surface area contributed by atoms with Crippen LogP contribution >= 0.6 is 0 Å². The number of rotatable bonds is 1. The standard InChI is InChI=1S/C12H15N5/c13-9-3-1-8(2-4-9)12-16-15-11-7-10(14)5-6-17(11)12/h1-4,10H,5-7,13-14H2. The van der Waals surface area contributed by atoms with E-state index in [1.807, 2.05) is 24.3 Å². The van der Waals surface area contributed by atoms with E-state index in [4.69, 9.17) is 11.5 Å². The predicted molar refractivity (Wildman–Crippen MR) is 66.2 cm³/mol. The Morgan fingerprint density at radius 1 is 1.18 bits per heavy atom. The number of nitrogens with two attached hydrogens (primary N) is 2. The minimum absolute atomic E-state index is 0.214. The van der Waals surface area contributed by atoms with Gasteiger partial charge < -0.3 is 16.0 Å². The second kappa shape index (κ2) is 3.85. The monoisotopic (exact) mass is 229 g/mol. The molecule has 1 aliphatic heterocycles. The van der Waals surface area contributed by atoms with Gasteiger partial charge in [0.05, 0.1) is 0 Å². The molecule has 0 amide bonds. The van der Waals surface area contributed by atoms with Crippen molar-refractivity contribution in [3.63, 3.8) is 0 Å². The fraction of sp³-hybridized carbons (Fsp3) is 0.333. The number of aromatic nitrogens is 3. The molecule has 3 rings (SSSR count). The van der Waals surface area contributed by atoms with Crippen molar-refractivity contribution >= 4 is 5.69 Å². The summed E-state index contributed by atoms with van der Waals surface area (Å²) >= 11 is 0. The van der Waals surface area contributed by atoms with Gasteiger partial charge in [-0.3, -0.25) is 0 Å². The lowest BCUT2D eigenvalue weighted by molar-refractivity contribution is 0.466. The molecule has 17 heavy (non-hydrogen) atoms. The number of nitrogens with zero attached hydrogens (tertiary/aromatic N) is 3. The molecule has 5 heteroatoms. The van der Waals surface area contributed by atoms with E-state index < -0.39 is 0 Å². The number of fused-ring (bicyclic) bond motifs is 1. The average molecular weight is 229 g/mol. The molecule has 1 atom stereocenters. The van der Waals surface area contributed by atoms with Crippen LogP contribution in [0, 0.1) is 0 Å². The van der Waals surface area contributed by atoms with Crippen molar-refractivity contribution in [3.05, 3.63) is 30.1 Å². The molecule has 2 heterocycles. The van der Waals surface area contributed by atoms with E-state index in [9.17, 15) is 0 Å². The van der Waals surface area contributed by atoms with Crippen molar-refractivity contribution in [2.45, 2.75) is 25.4 Å². The number of anilines is 1. The van der Waals surface area contributed by atoms with Gasteiger partial charge in [-0.2, -0.15) is 0 Å².